The van der Waals surface area contributed by atoms with E-state index in [1.807, 2.05) is 56.3 Å². The number of fused-ring (bicyclic) bond motifs is 1. The van der Waals surface area contributed by atoms with Crippen LogP contribution in [0.25, 0.3) is 11.0 Å². The van der Waals surface area contributed by atoms with E-state index in [-0.39, 0.29) is 11.5 Å². The van der Waals surface area contributed by atoms with E-state index in [2.05, 4.69) is 15.3 Å². The quantitative estimate of drug-likeness (QED) is 0.527. The summed E-state index contributed by atoms with van der Waals surface area (Å²) in [6.45, 7) is 3.94. The summed E-state index contributed by atoms with van der Waals surface area (Å²) in [6.07, 6.45) is 1.65. The minimum Gasteiger partial charge on any atom is -0.493 e. The average Bonchev–Trinajstić information content (AvgIpc) is 2.74. The van der Waals surface area contributed by atoms with Crippen molar-refractivity contribution in [1.82, 2.24) is 4.98 Å². The summed E-state index contributed by atoms with van der Waals surface area (Å²) in [7, 11) is 1.57. The summed E-state index contributed by atoms with van der Waals surface area (Å²) in [6, 6.07) is 18.6. The molecule has 4 rings (SSSR count). The van der Waals surface area contributed by atoms with E-state index in [9.17, 15) is 4.79 Å². The van der Waals surface area contributed by atoms with Gasteiger partial charge in [-0.15, -0.1) is 0 Å². The number of ether oxygens (including phenoxy) is 1. The minimum absolute atomic E-state index is 0.195. The highest BCUT2D eigenvalue weighted by Gasteiger charge is 2.15. The van der Waals surface area contributed by atoms with Gasteiger partial charge in [-0.3, -0.25) is 4.79 Å². The van der Waals surface area contributed by atoms with Crippen LogP contribution in [0.15, 0.2) is 76.3 Å². The Labute approximate surface area is 173 Å². The third-order valence-electron chi connectivity index (χ3n) is 4.62. The van der Waals surface area contributed by atoms with Gasteiger partial charge in [-0.05, 0) is 55.8 Å². The molecule has 2 aromatic carbocycles. The number of aromatic nitrogens is 1. The van der Waals surface area contributed by atoms with Crippen molar-refractivity contribution in [2.75, 3.05) is 12.4 Å². The van der Waals surface area contributed by atoms with Crippen LogP contribution >= 0.6 is 0 Å². The molecule has 2 aromatic heterocycles. The predicted octanol–water partition coefficient (Wildman–Crippen LogP) is 4.94. The average molecular weight is 399 g/mol. The number of carbonyl (C=O) groups excluding carboxylic acids is 1. The first-order valence-electron chi connectivity index (χ1n) is 9.50. The Morgan fingerprint density at radius 3 is 2.57 bits per heavy atom. The Kier molecular flexibility index (Phi) is 5.30. The molecule has 0 saturated carbocycles. The molecule has 0 aliphatic heterocycles. The SMILES string of the molecule is COc1cccc2cc(C(=O)Nc3cc(C)ccn3)c(=Nc3ccc(C)cc3)oc12. The first kappa shape index (κ1) is 19.4. The second kappa shape index (κ2) is 8.21. The summed E-state index contributed by atoms with van der Waals surface area (Å²) in [5.74, 6) is 0.680. The van der Waals surface area contributed by atoms with Gasteiger partial charge in [0.25, 0.3) is 5.91 Å². The number of hydrogen-bond acceptors (Lipinski definition) is 5. The normalized spacial score (nSPS) is 11.5. The number of amides is 1. The molecule has 0 aliphatic rings. The van der Waals surface area contributed by atoms with E-state index >= 15 is 0 Å². The number of hydrogen-bond donors (Lipinski definition) is 1. The van der Waals surface area contributed by atoms with Gasteiger partial charge in [0.15, 0.2) is 11.3 Å². The van der Waals surface area contributed by atoms with E-state index in [1.165, 1.54) is 0 Å². The zero-order chi connectivity index (χ0) is 21.1. The van der Waals surface area contributed by atoms with E-state index in [4.69, 9.17) is 9.15 Å². The van der Waals surface area contributed by atoms with Crippen LogP contribution in [-0.4, -0.2) is 18.0 Å². The molecular formula is C24H21N3O3. The van der Waals surface area contributed by atoms with Crippen LogP contribution in [0.2, 0.25) is 0 Å². The van der Waals surface area contributed by atoms with Crippen LogP contribution in [0.1, 0.15) is 21.5 Å². The van der Waals surface area contributed by atoms with Crippen LogP contribution in [0, 0.1) is 13.8 Å². The fraction of sp³-hybridized carbons (Fsp3) is 0.125. The molecule has 0 atom stereocenters. The monoisotopic (exact) mass is 399 g/mol. The zero-order valence-electron chi connectivity index (χ0n) is 17.0. The van der Waals surface area contributed by atoms with Crippen LogP contribution in [0.3, 0.4) is 0 Å². The Balaban J connectivity index is 1.87. The third-order valence-corrected chi connectivity index (χ3v) is 4.62. The Morgan fingerprint density at radius 1 is 1.03 bits per heavy atom. The van der Waals surface area contributed by atoms with Crippen molar-refractivity contribution >= 4 is 28.4 Å². The molecule has 150 valence electrons. The van der Waals surface area contributed by atoms with Crippen molar-refractivity contribution in [3.63, 3.8) is 0 Å². The number of carbonyl (C=O) groups is 1. The standard InChI is InChI=1S/C24H21N3O3/c1-15-7-9-18(10-8-15)26-24-19(23(28)27-21-13-16(2)11-12-25-21)14-17-5-4-6-20(29-3)22(17)30-24/h4-14H,1-3H3,(H,25,27,28). The Hall–Kier alpha value is -3.93. The van der Waals surface area contributed by atoms with Crippen LogP contribution in [-0.2, 0) is 0 Å². The fourth-order valence-electron chi connectivity index (χ4n) is 3.06. The fourth-order valence-corrected chi connectivity index (χ4v) is 3.06. The third kappa shape index (κ3) is 4.07. The van der Waals surface area contributed by atoms with Gasteiger partial charge in [-0.1, -0.05) is 29.8 Å². The highest BCUT2D eigenvalue weighted by molar-refractivity contribution is 6.05. The molecule has 6 heteroatoms. The highest BCUT2D eigenvalue weighted by atomic mass is 16.5. The molecule has 2 heterocycles. The molecule has 1 N–H and O–H groups in total. The second-order valence-electron chi connectivity index (χ2n) is 6.96. The van der Waals surface area contributed by atoms with Gasteiger partial charge in [0.2, 0.25) is 5.55 Å². The van der Waals surface area contributed by atoms with Gasteiger partial charge in [0.05, 0.1) is 12.8 Å². The number of anilines is 1. The van der Waals surface area contributed by atoms with Crippen LogP contribution < -0.4 is 15.6 Å². The molecule has 0 fully saturated rings. The van der Waals surface area contributed by atoms with Crippen molar-refractivity contribution in [3.05, 3.63) is 89.1 Å². The van der Waals surface area contributed by atoms with E-state index in [1.54, 1.807) is 31.5 Å². The maximum atomic E-state index is 13.1. The van der Waals surface area contributed by atoms with Gasteiger partial charge < -0.3 is 14.5 Å². The van der Waals surface area contributed by atoms with Crippen molar-refractivity contribution in [3.8, 4) is 5.75 Å². The van der Waals surface area contributed by atoms with Gasteiger partial charge in [-0.2, -0.15) is 0 Å². The first-order chi connectivity index (χ1) is 14.5. The number of nitrogens with one attached hydrogen (secondary N) is 1. The van der Waals surface area contributed by atoms with Gasteiger partial charge >= 0.3 is 0 Å². The lowest BCUT2D eigenvalue weighted by molar-refractivity contribution is 0.102. The summed E-state index contributed by atoms with van der Waals surface area (Å²) in [5, 5.41) is 3.56. The minimum atomic E-state index is -0.354. The van der Waals surface area contributed by atoms with Crippen molar-refractivity contribution in [1.29, 1.82) is 0 Å². The molecule has 0 bridgehead atoms. The molecule has 6 nitrogen and oxygen atoms in total. The summed E-state index contributed by atoms with van der Waals surface area (Å²) in [4.78, 5) is 21.9. The summed E-state index contributed by atoms with van der Waals surface area (Å²) < 4.78 is 11.5. The molecule has 30 heavy (non-hydrogen) atoms. The zero-order valence-corrected chi connectivity index (χ0v) is 17.0. The van der Waals surface area contributed by atoms with E-state index in [0.717, 1.165) is 16.5 Å². The molecule has 4 aromatic rings. The maximum absolute atomic E-state index is 13.1. The maximum Gasteiger partial charge on any atom is 0.262 e. The molecule has 0 saturated heterocycles. The summed E-state index contributed by atoms with van der Waals surface area (Å²) >= 11 is 0. The van der Waals surface area contributed by atoms with Crippen molar-refractivity contribution < 1.29 is 13.9 Å². The molecular weight excluding hydrogens is 378 g/mol. The lowest BCUT2D eigenvalue weighted by atomic mass is 10.1. The molecule has 0 aliphatic carbocycles. The lowest BCUT2D eigenvalue weighted by Gasteiger charge is -2.09. The largest absolute Gasteiger partial charge is 0.493 e. The summed E-state index contributed by atoms with van der Waals surface area (Å²) in [5.41, 5.74) is 3.82. The van der Waals surface area contributed by atoms with Crippen LogP contribution in [0.5, 0.6) is 5.75 Å². The number of para-hydroxylation sites is 1. The number of pyridine rings is 1. The first-order valence-corrected chi connectivity index (χ1v) is 9.50. The number of aryl methyl sites for hydroxylation is 2. The smallest absolute Gasteiger partial charge is 0.262 e. The van der Waals surface area contributed by atoms with Crippen molar-refractivity contribution in [2.24, 2.45) is 4.99 Å². The number of rotatable bonds is 4. The van der Waals surface area contributed by atoms with E-state index in [0.29, 0.717) is 28.4 Å². The number of nitrogens with zero attached hydrogens (tertiary/aromatic N) is 2. The van der Waals surface area contributed by atoms with Crippen molar-refractivity contribution in [2.45, 2.75) is 13.8 Å². The highest BCUT2D eigenvalue weighted by Crippen LogP contribution is 2.25. The van der Waals surface area contributed by atoms with Gasteiger partial charge in [0.1, 0.15) is 11.4 Å². The predicted molar refractivity (Wildman–Crippen MR) is 116 cm³/mol. The van der Waals surface area contributed by atoms with Gasteiger partial charge in [-0.25, -0.2) is 9.98 Å². The number of methoxy groups -OCH3 is 1. The van der Waals surface area contributed by atoms with Crippen LogP contribution in [0.4, 0.5) is 11.5 Å². The molecule has 1 amide bonds. The number of benzene rings is 2. The topological polar surface area (TPSA) is 76.7 Å². The van der Waals surface area contributed by atoms with E-state index < -0.39 is 0 Å². The molecule has 0 unspecified atom stereocenters. The Morgan fingerprint density at radius 2 is 1.83 bits per heavy atom. The Bertz CT molecular complexity index is 1290. The molecule has 0 spiro atoms. The lowest BCUT2D eigenvalue weighted by Crippen LogP contribution is -2.22. The second-order valence-corrected chi connectivity index (χ2v) is 6.96. The molecule has 0 radical (unpaired) electrons. The van der Waals surface area contributed by atoms with Gasteiger partial charge in [0, 0.05) is 11.6 Å².